The fourth-order valence-electron chi connectivity index (χ4n) is 2.89. The third-order valence-corrected chi connectivity index (χ3v) is 5.48. The number of aromatic nitrogens is 2. The first-order valence-corrected chi connectivity index (χ1v) is 10.5. The van der Waals surface area contributed by atoms with E-state index >= 15 is 0 Å². The van der Waals surface area contributed by atoms with E-state index in [1.165, 1.54) is 11.1 Å². The summed E-state index contributed by atoms with van der Waals surface area (Å²) in [6.07, 6.45) is 3.62. The Kier molecular flexibility index (Phi) is 7.14. The Hall–Kier alpha value is -2.73. The molecule has 0 radical (unpaired) electrons. The van der Waals surface area contributed by atoms with E-state index in [-0.39, 0.29) is 12.1 Å². The van der Waals surface area contributed by atoms with Crippen LogP contribution in [0.2, 0.25) is 0 Å². The molecule has 0 aliphatic carbocycles. The molecule has 146 valence electrons. The molecular weight excluding hydrogens is 368 g/mol. The molecule has 5 nitrogen and oxygen atoms in total. The fourth-order valence-corrected chi connectivity index (χ4v) is 3.71. The van der Waals surface area contributed by atoms with Crippen LogP contribution in [0.25, 0.3) is 0 Å². The Morgan fingerprint density at radius 1 is 1.14 bits per heavy atom. The number of urea groups is 1. The average molecular weight is 395 g/mol. The number of nitrogens with zero attached hydrogens (tertiary/aromatic N) is 2. The maximum Gasteiger partial charge on any atom is 0.315 e. The van der Waals surface area contributed by atoms with Gasteiger partial charge < -0.3 is 15.2 Å². The second-order valence-corrected chi connectivity index (χ2v) is 7.78. The molecule has 6 heteroatoms. The van der Waals surface area contributed by atoms with Crippen LogP contribution >= 0.6 is 11.8 Å². The number of hydrogen-bond acceptors (Lipinski definition) is 3. The maximum absolute atomic E-state index is 12.4. The van der Waals surface area contributed by atoms with Crippen molar-refractivity contribution in [3.05, 3.63) is 89.5 Å². The second kappa shape index (κ2) is 9.99. The van der Waals surface area contributed by atoms with Gasteiger partial charge in [-0.2, -0.15) is 11.8 Å². The number of benzene rings is 2. The van der Waals surface area contributed by atoms with Crippen molar-refractivity contribution in [1.82, 2.24) is 20.2 Å². The largest absolute Gasteiger partial charge is 0.337 e. The molecule has 28 heavy (non-hydrogen) atoms. The summed E-state index contributed by atoms with van der Waals surface area (Å²) in [6.45, 7) is 2.71. The summed E-state index contributed by atoms with van der Waals surface area (Å²) in [7, 11) is 1.93. The topological polar surface area (TPSA) is 59.0 Å². The van der Waals surface area contributed by atoms with Crippen LogP contribution < -0.4 is 10.6 Å². The van der Waals surface area contributed by atoms with E-state index in [9.17, 15) is 4.79 Å². The first-order valence-electron chi connectivity index (χ1n) is 9.33. The number of amides is 2. The fraction of sp³-hybridized carbons (Fsp3) is 0.273. The normalized spacial score (nSPS) is 11.8. The van der Waals surface area contributed by atoms with Gasteiger partial charge in [-0.05, 0) is 18.1 Å². The molecule has 0 fully saturated rings. The molecule has 2 N–H and O–H groups in total. The van der Waals surface area contributed by atoms with Gasteiger partial charge in [0, 0.05) is 37.5 Å². The predicted molar refractivity (Wildman–Crippen MR) is 115 cm³/mol. The third-order valence-electron chi connectivity index (χ3n) is 4.45. The zero-order valence-electron chi connectivity index (χ0n) is 16.3. The lowest BCUT2D eigenvalue weighted by molar-refractivity contribution is 0.238. The van der Waals surface area contributed by atoms with Gasteiger partial charge in [0.1, 0.15) is 11.9 Å². The minimum Gasteiger partial charge on any atom is -0.337 e. The molecule has 1 heterocycles. The summed E-state index contributed by atoms with van der Waals surface area (Å²) < 4.78 is 1.93. The Balaban J connectivity index is 1.49. The molecule has 3 aromatic rings. The first-order chi connectivity index (χ1) is 13.6. The van der Waals surface area contributed by atoms with E-state index in [0.29, 0.717) is 6.54 Å². The lowest BCUT2D eigenvalue weighted by Gasteiger charge is -2.19. The molecule has 0 saturated heterocycles. The maximum atomic E-state index is 12.4. The lowest BCUT2D eigenvalue weighted by atomic mass is 10.1. The molecule has 0 saturated carbocycles. The van der Waals surface area contributed by atoms with E-state index < -0.39 is 0 Å². The standard InChI is InChI=1S/C22H26N4OS/c1-17-8-10-18(11-9-17)16-28-15-13-24-22(27)25-20(19-6-4-3-5-7-19)21-23-12-14-26(21)2/h3-12,14,20H,13,15-16H2,1-2H3,(H2,24,25,27)/t20-/m0/s1. The number of thioether (sulfide) groups is 1. The van der Waals surface area contributed by atoms with Gasteiger partial charge in [0.05, 0.1) is 0 Å². The van der Waals surface area contributed by atoms with Crippen molar-refractivity contribution >= 4 is 17.8 Å². The lowest BCUT2D eigenvalue weighted by Crippen LogP contribution is -2.40. The average Bonchev–Trinajstić information content (AvgIpc) is 3.13. The summed E-state index contributed by atoms with van der Waals surface area (Å²) in [4.78, 5) is 16.8. The van der Waals surface area contributed by atoms with Crippen LogP contribution in [0.3, 0.4) is 0 Å². The monoisotopic (exact) mass is 394 g/mol. The van der Waals surface area contributed by atoms with E-state index in [4.69, 9.17) is 0 Å². The molecule has 1 aromatic heterocycles. The van der Waals surface area contributed by atoms with E-state index in [1.807, 2.05) is 59.9 Å². The summed E-state index contributed by atoms with van der Waals surface area (Å²) in [6, 6.07) is 18.0. The van der Waals surface area contributed by atoms with Crippen LogP contribution in [0.4, 0.5) is 4.79 Å². The number of hydrogen-bond donors (Lipinski definition) is 2. The number of nitrogens with one attached hydrogen (secondary N) is 2. The molecule has 0 aliphatic heterocycles. The zero-order valence-corrected chi connectivity index (χ0v) is 17.1. The van der Waals surface area contributed by atoms with Crippen LogP contribution in [-0.4, -0.2) is 27.9 Å². The molecule has 3 rings (SSSR count). The van der Waals surface area contributed by atoms with Crippen molar-refractivity contribution in [3.8, 4) is 0 Å². The van der Waals surface area contributed by atoms with E-state index in [2.05, 4.69) is 46.8 Å². The summed E-state index contributed by atoms with van der Waals surface area (Å²) in [5.41, 5.74) is 3.58. The molecule has 2 aromatic carbocycles. The van der Waals surface area contributed by atoms with Crippen molar-refractivity contribution in [1.29, 1.82) is 0 Å². The minimum atomic E-state index is -0.290. The number of carbonyl (C=O) groups is 1. The quantitative estimate of drug-likeness (QED) is 0.567. The van der Waals surface area contributed by atoms with Gasteiger partial charge in [-0.15, -0.1) is 0 Å². The van der Waals surface area contributed by atoms with E-state index in [1.54, 1.807) is 6.20 Å². The van der Waals surface area contributed by atoms with Gasteiger partial charge in [0.2, 0.25) is 0 Å². The predicted octanol–water partition coefficient (Wildman–Crippen LogP) is 4.05. The first kappa shape index (κ1) is 20.0. The van der Waals surface area contributed by atoms with Crippen molar-refractivity contribution in [2.24, 2.45) is 7.05 Å². The van der Waals surface area contributed by atoms with Gasteiger partial charge >= 0.3 is 6.03 Å². The number of carbonyl (C=O) groups excluding carboxylic acids is 1. The molecule has 0 spiro atoms. The molecule has 2 amide bonds. The Labute approximate surface area is 170 Å². The second-order valence-electron chi connectivity index (χ2n) is 6.68. The molecule has 0 unspecified atom stereocenters. The van der Waals surface area contributed by atoms with E-state index in [0.717, 1.165) is 22.9 Å². The SMILES string of the molecule is Cc1ccc(CSCCNC(=O)N[C@@H](c2ccccc2)c2nccn2C)cc1. The highest BCUT2D eigenvalue weighted by atomic mass is 32.2. The highest BCUT2D eigenvalue weighted by Crippen LogP contribution is 2.20. The summed E-state index contributed by atoms with van der Waals surface area (Å²) in [5, 5.41) is 6.00. The van der Waals surface area contributed by atoms with Crippen LogP contribution in [0, 0.1) is 6.92 Å². The molecule has 0 aliphatic rings. The van der Waals surface area contributed by atoms with Gasteiger partial charge in [-0.25, -0.2) is 9.78 Å². The number of rotatable bonds is 8. The van der Waals surface area contributed by atoms with Crippen molar-refractivity contribution in [2.45, 2.75) is 18.7 Å². The van der Waals surface area contributed by atoms with Crippen LogP contribution in [0.1, 0.15) is 28.6 Å². The molecular formula is C22H26N4OS. The smallest absolute Gasteiger partial charge is 0.315 e. The minimum absolute atomic E-state index is 0.187. The van der Waals surface area contributed by atoms with Crippen LogP contribution in [0.5, 0.6) is 0 Å². The Morgan fingerprint density at radius 3 is 2.57 bits per heavy atom. The van der Waals surface area contributed by atoms with Crippen molar-refractivity contribution < 1.29 is 4.79 Å². The molecule has 0 bridgehead atoms. The van der Waals surface area contributed by atoms with Gasteiger partial charge in [-0.1, -0.05) is 60.2 Å². The molecule has 1 atom stereocenters. The van der Waals surface area contributed by atoms with Gasteiger partial charge in [-0.3, -0.25) is 0 Å². The van der Waals surface area contributed by atoms with Crippen molar-refractivity contribution in [2.75, 3.05) is 12.3 Å². The highest BCUT2D eigenvalue weighted by Gasteiger charge is 2.20. The Bertz CT molecular complexity index is 877. The van der Waals surface area contributed by atoms with Crippen LogP contribution in [0.15, 0.2) is 67.0 Å². The third kappa shape index (κ3) is 5.63. The summed E-state index contributed by atoms with van der Waals surface area (Å²) in [5.74, 6) is 2.61. The highest BCUT2D eigenvalue weighted by molar-refractivity contribution is 7.98. The Morgan fingerprint density at radius 2 is 1.89 bits per heavy atom. The number of aryl methyl sites for hydroxylation is 2. The van der Waals surface area contributed by atoms with Gasteiger partial charge in [0.15, 0.2) is 0 Å². The van der Waals surface area contributed by atoms with Crippen molar-refractivity contribution in [3.63, 3.8) is 0 Å². The zero-order chi connectivity index (χ0) is 19.8. The summed E-state index contributed by atoms with van der Waals surface area (Å²) >= 11 is 1.81. The number of imidazole rings is 1. The van der Waals surface area contributed by atoms with Crippen LogP contribution in [-0.2, 0) is 12.8 Å². The van der Waals surface area contributed by atoms with Gasteiger partial charge in [0.25, 0.3) is 0 Å².